The molecule has 1 N–H and O–H groups in total. The van der Waals surface area contributed by atoms with E-state index in [1.165, 1.54) is 22.5 Å². The Morgan fingerprint density at radius 1 is 1.13 bits per heavy atom. The molecule has 1 fully saturated rings. The van der Waals surface area contributed by atoms with Crippen LogP contribution in [0.1, 0.15) is 37.6 Å². The van der Waals surface area contributed by atoms with Crippen molar-refractivity contribution in [3.63, 3.8) is 0 Å². The summed E-state index contributed by atoms with van der Waals surface area (Å²) in [5.41, 5.74) is 0.232. The summed E-state index contributed by atoms with van der Waals surface area (Å²) in [6.45, 7) is 3.61. The summed E-state index contributed by atoms with van der Waals surface area (Å²) in [5, 5.41) is 22.8. The maximum Gasteiger partial charge on any atom is 0.329 e. The molecule has 1 aliphatic heterocycles. The lowest BCUT2D eigenvalue weighted by molar-refractivity contribution is -0.208. The highest BCUT2D eigenvalue weighted by Gasteiger charge is 2.49. The summed E-state index contributed by atoms with van der Waals surface area (Å²) in [7, 11) is 0. The first-order chi connectivity index (χ1) is 21.3. The van der Waals surface area contributed by atoms with Gasteiger partial charge in [-0.25, -0.2) is 32.3 Å². The summed E-state index contributed by atoms with van der Waals surface area (Å²) in [5.74, 6) is -6.47. The number of aliphatic carboxylic acids is 1. The van der Waals surface area contributed by atoms with Gasteiger partial charge in [0.25, 0.3) is 0 Å². The minimum Gasteiger partial charge on any atom is -0.480 e. The van der Waals surface area contributed by atoms with E-state index >= 15 is 0 Å². The van der Waals surface area contributed by atoms with Gasteiger partial charge in [0.15, 0.2) is 23.3 Å². The Morgan fingerprint density at radius 2 is 1.84 bits per heavy atom. The van der Waals surface area contributed by atoms with Crippen LogP contribution in [0.15, 0.2) is 36.5 Å². The topological polar surface area (TPSA) is 143 Å². The molecule has 17 heteroatoms. The first-order valence-electron chi connectivity index (χ1n) is 13.4. The molecule has 45 heavy (non-hydrogen) atoms. The number of benzene rings is 2. The Balaban J connectivity index is 1.65. The van der Waals surface area contributed by atoms with Crippen molar-refractivity contribution in [3.05, 3.63) is 75.7 Å². The average molecular weight is 669 g/mol. The number of ether oxygens (including phenoxy) is 3. The third-order valence-electron chi connectivity index (χ3n) is 7.16. The van der Waals surface area contributed by atoms with Crippen LogP contribution < -0.4 is 0 Å². The third-order valence-corrected chi connectivity index (χ3v) is 7.71. The maximum absolute atomic E-state index is 14.0. The van der Waals surface area contributed by atoms with E-state index in [-0.39, 0.29) is 28.7 Å². The van der Waals surface area contributed by atoms with Crippen molar-refractivity contribution < 1.29 is 42.1 Å². The number of esters is 1. The van der Waals surface area contributed by atoms with E-state index in [2.05, 4.69) is 20.4 Å². The molecule has 2 aromatic carbocycles. The summed E-state index contributed by atoms with van der Waals surface area (Å²) in [6.07, 6.45) is -1.81. The average Bonchev–Trinajstić information content (AvgIpc) is 3.62. The lowest BCUT2D eigenvalue weighted by Crippen LogP contribution is -2.51. The molecule has 238 valence electrons. The van der Waals surface area contributed by atoms with E-state index < -0.39 is 66.3 Å². The number of rotatable bonds is 9. The van der Waals surface area contributed by atoms with Gasteiger partial charge in [-0.05, 0) is 37.3 Å². The Labute approximate surface area is 263 Å². The molecule has 5 rings (SSSR count). The number of aromatic nitrogens is 6. The number of aryl methyl sites for hydroxylation is 1. The number of carboxylic acids is 1. The van der Waals surface area contributed by atoms with Crippen LogP contribution >= 0.6 is 23.2 Å². The highest BCUT2D eigenvalue weighted by molar-refractivity contribution is 6.34. The van der Waals surface area contributed by atoms with Gasteiger partial charge in [-0.3, -0.25) is 4.79 Å². The Bertz CT molecular complexity index is 1730. The van der Waals surface area contributed by atoms with Crippen molar-refractivity contribution in [2.75, 3.05) is 13.2 Å². The van der Waals surface area contributed by atoms with E-state index in [0.29, 0.717) is 16.5 Å². The SMILES string of the molecule is CC(=O)OCC1OC(c2nc(C)nn2-c2cc(Cl)ccc2Cl)C(OCC(=O)O)C(n2cc(-c3cc(F)c(F)c(F)c3)nn2)C1C. The second-order valence-corrected chi connectivity index (χ2v) is 11.1. The Kier molecular flexibility index (Phi) is 9.44. The predicted molar refractivity (Wildman–Crippen MR) is 151 cm³/mol. The van der Waals surface area contributed by atoms with Gasteiger partial charge in [-0.15, -0.1) is 5.10 Å². The van der Waals surface area contributed by atoms with Gasteiger partial charge in [0.1, 0.15) is 36.9 Å². The van der Waals surface area contributed by atoms with E-state index in [1.54, 1.807) is 32.0 Å². The van der Waals surface area contributed by atoms with Gasteiger partial charge in [0.05, 0.1) is 29.1 Å². The summed E-state index contributed by atoms with van der Waals surface area (Å²) >= 11 is 12.7. The monoisotopic (exact) mass is 668 g/mol. The molecule has 0 aliphatic carbocycles. The molecule has 0 bridgehead atoms. The van der Waals surface area contributed by atoms with Crippen molar-refractivity contribution in [1.29, 1.82) is 0 Å². The number of carbonyl (C=O) groups excluding carboxylic acids is 1. The number of hydrogen-bond donors (Lipinski definition) is 1. The van der Waals surface area contributed by atoms with Crippen LogP contribution in [0.5, 0.6) is 0 Å². The number of nitrogens with zero attached hydrogens (tertiary/aromatic N) is 6. The van der Waals surface area contributed by atoms with E-state index in [9.17, 15) is 27.9 Å². The molecule has 0 amide bonds. The zero-order chi connectivity index (χ0) is 32.6. The molecule has 0 saturated carbocycles. The van der Waals surface area contributed by atoms with Crippen molar-refractivity contribution in [3.8, 4) is 16.9 Å². The lowest BCUT2D eigenvalue weighted by Gasteiger charge is -2.44. The first-order valence-corrected chi connectivity index (χ1v) is 14.2. The molecule has 5 atom stereocenters. The molecule has 0 spiro atoms. The molecule has 3 heterocycles. The lowest BCUT2D eigenvalue weighted by atomic mass is 9.85. The Hall–Kier alpha value is -4.05. The van der Waals surface area contributed by atoms with Crippen molar-refractivity contribution >= 4 is 35.1 Å². The van der Waals surface area contributed by atoms with Crippen LogP contribution in [0, 0.1) is 30.3 Å². The molecule has 5 unspecified atom stereocenters. The van der Waals surface area contributed by atoms with Crippen LogP contribution in [-0.2, 0) is 23.8 Å². The van der Waals surface area contributed by atoms with Gasteiger partial charge in [0, 0.05) is 23.4 Å². The third kappa shape index (κ3) is 6.81. The van der Waals surface area contributed by atoms with E-state index in [4.69, 9.17) is 37.4 Å². The van der Waals surface area contributed by atoms with Crippen LogP contribution in [0.3, 0.4) is 0 Å². The number of halogens is 5. The largest absolute Gasteiger partial charge is 0.480 e. The van der Waals surface area contributed by atoms with E-state index in [0.717, 1.165) is 12.1 Å². The molecule has 1 saturated heterocycles. The molecular weight excluding hydrogens is 644 g/mol. The fraction of sp³-hybridized carbons (Fsp3) is 0.357. The quantitative estimate of drug-likeness (QED) is 0.193. The minimum atomic E-state index is -1.64. The maximum atomic E-state index is 14.0. The number of hydrogen-bond acceptors (Lipinski definition) is 9. The van der Waals surface area contributed by atoms with Crippen molar-refractivity contribution in [2.24, 2.45) is 5.92 Å². The van der Waals surface area contributed by atoms with Gasteiger partial charge in [0.2, 0.25) is 0 Å². The van der Waals surface area contributed by atoms with Crippen molar-refractivity contribution in [2.45, 2.75) is 45.1 Å². The molecule has 0 radical (unpaired) electrons. The fourth-order valence-electron chi connectivity index (χ4n) is 5.13. The standard InChI is InChI=1S/C28H25Cl2F3N6O6/c1-12-22(10-43-14(3)40)45-27(28-34-13(2)36-39(28)21-8-16(29)4-5-17(21)30)26(44-11-23(41)42)25(12)38-9-20(35-37-38)15-6-18(31)24(33)19(32)7-15/h4-9,12,22,25-27H,10-11H2,1-3H3,(H,41,42). The van der Waals surface area contributed by atoms with Crippen LogP contribution in [0.2, 0.25) is 10.0 Å². The van der Waals surface area contributed by atoms with Gasteiger partial charge >= 0.3 is 11.9 Å². The highest BCUT2D eigenvalue weighted by Crippen LogP contribution is 2.44. The number of carbonyl (C=O) groups is 2. The van der Waals surface area contributed by atoms with E-state index in [1.807, 2.05) is 0 Å². The number of carboxylic acid groups (broad SMARTS) is 1. The zero-order valence-electron chi connectivity index (χ0n) is 23.8. The minimum absolute atomic E-state index is 0.0127. The second-order valence-electron chi connectivity index (χ2n) is 10.3. The first kappa shape index (κ1) is 32.3. The predicted octanol–water partition coefficient (Wildman–Crippen LogP) is 4.91. The fourth-order valence-corrected chi connectivity index (χ4v) is 5.49. The van der Waals surface area contributed by atoms with Crippen LogP contribution in [0.4, 0.5) is 13.2 Å². The van der Waals surface area contributed by atoms with Gasteiger partial charge in [-0.2, -0.15) is 5.10 Å². The summed E-state index contributed by atoms with van der Waals surface area (Å²) < 4.78 is 62.0. The normalized spacial score (nSPS) is 21.6. The second kappa shape index (κ2) is 13.1. The van der Waals surface area contributed by atoms with Gasteiger partial charge in [-0.1, -0.05) is 35.3 Å². The molecule has 12 nitrogen and oxygen atoms in total. The Morgan fingerprint density at radius 3 is 2.51 bits per heavy atom. The summed E-state index contributed by atoms with van der Waals surface area (Å²) in [4.78, 5) is 28.0. The summed E-state index contributed by atoms with van der Waals surface area (Å²) in [6, 6.07) is 5.35. The smallest absolute Gasteiger partial charge is 0.329 e. The zero-order valence-corrected chi connectivity index (χ0v) is 25.3. The van der Waals surface area contributed by atoms with Crippen LogP contribution in [0.25, 0.3) is 16.9 Å². The molecular formula is C28H25Cl2F3N6O6. The highest BCUT2D eigenvalue weighted by atomic mass is 35.5. The van der Waals surface area contributed by atoms with Gasteiger partial charge < -0.3 is 19.3 Å². The van der Waals surface area contributed by atoms with Crippen molar-refractivity contribution in [1.82, 2.24) is 29.8 Å². The molecule has 1 aliphatic rings. The molecule has 4 aromatic rings. The van der Waals surface area contributed by atoms with Crippen LogP contribution in [-0.4, -0.2) is 72.2 Å². The molecule has 2 aromatic heterocycles.